The predicted molar refractivity (Wildman–Crippen MR) is 109 cm³/mol. The molecule has 3 aromatic rings. The molecule has 0 bridgehead atoms. The van der Waals surface area contributed by atoms with Crippen molar-refractivity contribution in [3.63, 3.8) is 0 Å². The van der Waals surface area contributed by atoms with Gasteiger partial charge >= 0.3 is 5.91 Å². The quantitative estimate of drug-likeness (QED) is 0.307. The number of phenolic OH excluding ortho intramolecular Hbond substituents is 2. The van der Waals surface area contributed by atoms with Crippen molar-refractivity contribution in [2.24, 2.45) is 5.10 Å². The summed E-state index contributed by atoms with van der Waals surface area (Å²) in [5.74, 6) is -0.673. The van der Waals surface area contributed by atoms with E-state index < -0.39 is 5.91 Å². The van der Waals surface area contributed by atoms with E-state index in [0.29, 0.717) is 21.3 Å². The van der Waals surface area contributed by atoms with Crippen molar-refractivity contribution in [2.75, 3.05) is 0 Å². The lowest BCUT2D eigenvalue weighted by Crippen LogP contribution is -2.18. The Morgan fingerprint density at radius 2 is 1.77 bits per heavy atom. The first-order valence-electron chi connectivity index (χ1n) is 7.21. The van der Waals surface area contributed by atoms with E-state index in [4.69, 9.17) is 4.42 Å². The van der Waals surface area contributed by atoms with E-state index in [1.165, 1.54) is 12.1 Å². The largest absolute Gasteiger partial charge is 0.507 e. The Labute approximate surface area is 173 Å². The molecule has 0 aliphatic carbocycles. The number of halogens is 3. The van der Waals surface area contributed by atoms with Crippen molar-refractivity contribution >= 4 is 70.4 Å². The molecule has 1 heterocycles. The minimum absolute atomic E-state index is 0.0953. The second-order valence-electron chi connectivity index (χ2n) is 5.38. The molecule has 0 aliphatic rings. The van der Waals surface area contributed by atoms with E-state index in [-0.39, 0.29) is 17.3 Å². The smallest absolute Gasteiger partial charge is 0.307 e. The van der Waals surface area contributed by atoms with Crippen LogP contribution in [-0.2, 0) is 0 Å². The number of amides is 1. The van der Waals surface area contributed by atoms with Crippen LogP contribution in [0.4, 0.5) is 0 Å². The zero-order valence-electron chi connectivity index (χ0n) is 13.2. The summed E-state index contributed by atoms with van der Waals surface area (Å²) in [5, 5.41) is 24.2. The fourth-order valence-electron chi connectivity index (χ4n) is 2.28. The Balaban J connectivity index is 1.85. The van der Waals surface area contributed by atoms with E-state index in [9.17, 15) is 15.0 Å². The minimum atomic E-state index is -0.527. The molecule has 26 heavy (non-hydrogen) atoms. The van der Waals surface area contributed by atoms with Crippen LogP contribution in [0, 0.1) is 0 Å². The topological polar surface area (TPSA) is 95.1 Å². The summed E-state index contributed by atoms with van der Waals surface area (Å²) in [7, 11) is 0. The van der Waals surface area contributed by atoms with E-state index >= 15 is 0 Å². The van der Waals surface area contributed by atoms with Crippen LogP contribution in [0.2, 0.25) is 0 Å². The summed E-state index contributed by atoms with van der Waals surface area (Å²) >= 11 is 9.94. The van der Waals surface area contributed by atoms with Gasteiger partial charge in [0.1, 0.15) is 17.1 Å². The normalized spacial score (nSPS) is 11.8. The number of benzene rings is 2. The van der Waals surface area contributed by atoms with Crippen LogP contribution < -0.4 is 5.43 Å². The van der Waals surface area contributed by atoms with Gasteiger partial charge in [-0.15, -0.1) is 0 Å². The number of carbonyl (C=O) groups excluding carboxylic acids is 1. The Kier molecular flexibility index (Phi) is 5.40. The molecule has 0 fully saturated rings. The molecule has 0 saturated heterocycles. The molecular weight excluding hydrogens is 536 g/mol. The number of nitrogens with zero attached hydrogens (tertiary/aromatic N) is 1. The van der Waals surface area contributed by atoms with Crippen molar-refractivity contribution in [3.8, 4) is 11.5 Å². The molecule has 0 radical (unpaired) electrons. The molecule has 134 valence electrons. The van der Waals surface area contributed by atoms with Gasteiger partial charge in [0.2, 0.25) is 0 Å². The second kappa shape index (κ2) is 7.42. The van der Waals surface area contributed by atoms with Gasteiger partial charge in [0.15, 0.2) is 5.76 Å². The Morgan fingerprint density at radius 3 is 2.50 bits per heavy atom. The van der Waals surface area contributed by atoms with E-state index in [2.05, 4.69) is 58.3 Å². The molecule has 0 saturated carbocycles. The number of furan rings is 1. The standard InChI is InChI=1S/C17H11Br3N2O4/c1-7(10-5-11(19)14(24)6-13(10)23)21-22-17(25)15-3-8-2-9(18)4-12(20)16(8)26-15/h2-6,23-24H,1H3,(H,22,25)/b21-7+. The van der Waals surface area contributed by atoms with Gasteiger partial charge in [-0.05, 0) is 63.0 Å². The average molecular weight is 547 g/mol. The molecule has 2 aromatic carbocycles. The highest BCUT2D eigenvalue weighted by Crippen LogP contribution is 2.32. The minimum Gasteiger partial charge on any atom is -0.507 e. The van der Waals surface area contributed by atoms with Gasteiger partial charge in [0.05, 0.1) is 14.7 Å². The van der Waals surface area contributed by atoms with Gasteiger partial charge in [0, 0.05) is 21.5 Å². The van der Waals surface area contributed by atoms with Gasteiger partial charge in [-0.2, -0.15) is 5.10 Å². The lowest BCUT2D eigenvalue weighted by molar-refractivity contribution is 0.0929. The van der Waals surface area contributed by atoms with E-state index in [1.807, 2.05) is 12.1 Å². The van der Waals surface area contributed by atoms with Crippen molar-refractivity contribution in [1.29, 1.82) is 0 Å². The fraction of sp³-hybridized carbons (Fsp3) is 0.0588. The maximum absolute atomic E-state index is 12.3. The Bertz CT molecular complexity index is 1060. The monoisotopic (exact) mass is 544 g/mol. The number of fused-ring (bicyclic) bond motifs is 1. The highest BCUT2D eigenvalue weighted by atomic mass is 79.9. The number of nitrogens with one attached hydrogen (secondary N) is 1. The number of hydrogen-bond acceptors (Lipinski definition) is 5. The van der Waals surface area contributed by atoms with Gasteiger partial charge < -0.3 is 14.6 Å². The number of phenols is 2. The maximum Gasteiger partial charge on any atom is 0.307 e. The molecule has 0 atom stereocenters. The van der Waals surface area contributed by atoms with Gasteiger partial charge in [-0.25, -0.2) is 5.43 Å². The first-order valence-corrected chi connectivity index (χ1v) is 9.59. The average Bonchev–Trinajstić information content (AvgIpc) is 3.00. The summed E-state index contributed by atoms with van der Waals surface area (Å²) in [5.41, 5.74) is 3.67. The Morgan fingerprint density at radius 1 is 1.04 bits per heavy atom. The predicted octanol–water partition coefficient (Wildman–Crippen LogP) is 5.29. The molecule has 1 aromatic heterocycles. The first kappa shape index (κ1) is 18.9. The number of hydrazone groups is 1. The van der Waals surface area contributed by atoms with Crippen LogP contribution in [0.3, 0.4) is 0 Å². The summed E-state index contributed by atoms with van der Waals surface area (Å²) in [6, 6.07) is 7.96. The second-order valence-corrected chi connectivity index (χ2v) is 8.00. The third-order valence-electron chi connectivity index (χ3n) is 3.54. The van der Waals surface area contributed by atoms with Crippen molar-refractivity contribution in [2.45, 2.75) is 6.92 Å². The SMILES string of the molecule is C/C(=N\NC(=O)c1cc2cc(Br)cc(Br)c2o1)c1cc(Br)c(O)cc1O. The van der Waals surface area contributed by atoms with Crippen molar-refractivity contribution in [1.82, 2.24) is 5.43 Å². The highest BCUT2D eigenvalue weighted by Gasteiger charge is 2.15. The van der Waals surface area contributed by atoms with Crippen LogP contribution in [0.25, 0.3) is 11.0 Å². The van der Waals surface area contributed by atoms with Gasteiger partial charge in [-0.1, -0.05) is 15.9 Å². The first-order chi connectivity index (χ1) is 12.3. The number of carbonyl (C=O) groups is 1. The third-order valence-corrected chi connectivity index (χ3v) is 5.22. The lowest BCUT2D eigenvalue weighted by atomic mass is 10.1. The molecule has 0 spiro atoms. The summed E-state index contributed by atoms with van der Waals surface area (Å²) in [4.78, 5) is 12.3. The highest BCUT2D eigenvalue weighted by molar-refractivity contribution is 9.11. The maximum atomic E-state index is 12.3. The molecule has 3 N–H and O–H groups in total. The van der Waals surface area contributed by atoms with Gasteiger partial charge in [0.25, 0.3) is 0 Å². The third kappa shape index (κ3) is 3.79. The number of hydrogen-bond donors (Lipinski definition) is 3. The molecule has 0 unspecified atom stereocenters. The number of rotatable bonds is 3. The van der Waals surface area contributed by atoms with Crippen LogP contribution in [0.15, 0.2) is 53.3 Å². The lowest BCUT2D eigenvalue weighted by Gasteiger charge is -2.06. The molecule has 1 amide bonds. The zero-order valence-corrected chi connectivity index (χ0v) is 17.9. The van der Waals surface area contributed by atoms with Crippen LogP contribution in [-0.4, -0.2) is 21.8 Å². The van der Waals surface area contributed by atoms with Crippen LogP contribution in [0.5, 0.6) is 11.5 Å². The van der Waals surface area contributed by atoms with E-state index in [1.54, 1.807) is 13.0 Å². The summed E-state index contributed by atoms with van der Waals surface area (Å²) < 4.78 is 7.55. The number of aromatic hydroxyl groups is 2. The summed E-state index contributed by atoms with van der Waals surface area (Å²) in [6.07, 6.45) is 0. The molecule has 0 aliphatic heterocycles. The molecular formula is C17H11Br3N2O4. The van der Waals surface area contributed by atoms with E-state index in [0.717, 1.165) is 14.3 Å². The van der Waals surface area contributed by atoms with Crippen LogP contribution >= 0.6 is 47.8 Å². The van der Waals surface area contributed by atoms with Crippen LogP contribution in [0.1, 0.15) is 23.0 Å². The molecule has 3 rings (SSSR count). The molecule has 9 heteroatoms. The van der Waals surface area contributed by atoms with Crippen molar-refractivity contribution < 1.29 is 19.4 Å². The summed E-state index contributed by atoms with van der Waals surface area (Å²) in [6.45, 7) is 1.62. The van der Waals surface area contributed by atoms with Gasteiger partial charge in [-0.3, -0.25) is 4.79 Å². The zero-order chi connectivity index (χ0) is 19.0. The Hall–Kier alpha value is -1.84. The van der Waals surface area contributed by atoms with Crippen molar-refractivity contribution in [3.05, 3.63) is 55.1 Å². The fourth-order valence-corrected chi connectivity index (χ4v) is 3.96. The molecule has 6 nitrogen and oxygen atoms in total.